The molecule has 3 heterocycles. The Labute approximate surface area is 211 Å². The van der Waals surface area contributed by atoms with E-state index in [9.17, 15) is 13.2 Å². The molecular formula is C25H35N5O5S. The van der Waals surface area contributed by atoms with Crippen molar-refractivity contribution in [3.63, 3.8) is 0 Å². The Balaban J connectivity index is 1.68. The Morgan fingerprint density at radius 3 is 2.78 bits per heavy atom. The maximum absolute atomic E-state index is 13.7. The Kier molecular flexibility index (Phi) is 8.26. The Hall–Kier alpha value is -2.57. The molecule has 2 aromatic heterocycles. The highest BCUT2D eigenvalue weighted by Gasteiger charge is 2.36. The van der Waals surface area contributed by atoms with Crippen molar-refractivity contribution in [1.29, 1.82) is 0 Å². The average Bonchev–Trinajstić information content (AvgIpc) is 3.18. The molecule has 1 saturated heterocycles. The Morgan fingerprint density at radius 1 is 1.25 bits per heavy atom. The molecule has 0 radical (unpaired) electrons. The van der Waals surface area contributed by atoms with Crippen LogP contribution in [0.1, 0.15) is 32.3 Å². The number of aliphatic hydroxyl groups is 1. The summed E-state index contributed by atoms with van der Waals surface area (Å²) in [5.74, 6) is 0.336. The standard InChI is InChI=1S/C25H35N5O5S/c1-4-8-19-16-28(3)23-22(19)26-24(27-25(23)32)18-9-6-10-20(15-18)36(33,34)30-13-12-29(11-7-14-31)17-21(30)35-5-2/h6,9-10,15-16,21,31H,4-5,7-8,11-14,17H2,1-3H3,(H,26,27,32). The summed E-state index contributed by atoms with van der Waals surface area (Å²) in [7, 11) is -2.04. The van der Waals surface area contributed by atoms with E-state index in [4.69, 9.17) is 14.8 Å². The van der Waals surface area contributed by atoms with Gasteiger partial charge in [0.15, 0.2) is 0 Å². The molecule has 1 unspecified atom stereocenters. The van der Waals surface area contributed by atoms with Crippen molar-refractivity contribution in [2.75, 3.05) is 39.4 Å². The SMILES string of the molecule is CCCc1cn(C)c2c(=O)[nH]c(-c3cccc(S(=O)(=O)N4CCN(CCCO)CC4OCC)c3)nc12. The zero-order valence-electron chi connectivity index (χ0n) is 21.1. The fraction of sp³-hybridized carbons (Fsp3) is 0.520. The number of aryl methyl sites for hydroxylation is 2. The minimum atomic E-state index is -3.86. The van der Waals surface area contributed by atoms with E-state index in [-0.39, 0.29) is 23.6 Å². The Morgan fingerprint density at radius 2 is 2.06 bits per heavy atom. The maximum Gasteiger partial charge on any atom is 0.275 e. The van der Waals surface area contributed by atoms with Gasteiger partial charge in [-0.15, -0.1) is 0 Å². The maximum atomic E-state index is 13.7. The summed E-state index contributed by atoms with van der Waals surface area (Å²) >= 11 is 0. The van der Waals surface area contributed by atoms with Crippen LogP contribution in [0.4, 0.5) is 0 Å². The summed E-state index contributed by atoms with van der Waals surface area (Å²) in [6, 6.07) is 6.53. The van der Waals surface area contributed by atoms with Gasteiger partial charge in [0.05, 0.1) is 10.4 Å². The number of rotatable bonds is 10. The van der Waals surface area contributed by atoms with Crippen LogP contribution in [0.25, 0.3) is 22.4 Å². The largest absolute Gasteiger partial charge is 0.396 e. The molecular weight excluding hydrogens is 482 g/mol. The van der Waals surface area contributed by atoms with E-state index in [1.54, 1.807) is 28.8 Å². The van der Waals surface area contributed by atoms with E-state index >= 15 is 0 Å². The number of aromatic nitrogens is 3. The predicted octanol–water partition coefficient (Wildman–Crippen LogP) is 1.93. The van der Waals surface area contributed by atoms with Gasteiger partial charge in [0, 0.05) is 58.2 Å². The number of nitrogens with zero attached hydrogens (tertiary/aromatic N) is 4. The number of piperazine rings is 1. The van der Waals surface area contributed by atoms with Crippen molar-refractivity contribution >= 4 is 21.1 Å². The second kappa shape index (κ2) is 11.2. The summed E-state index contributed by atoms with van der Waals surface area (Å²) in [5.41, 5.74) is 2.40. The molecule has 0 spiro atoms. The van der Waals surface area contributed by atoms with E-state index in [2.05, 4.69) is 16.8 Å². The van der Waals surface area contributed by atoms with Gasteiger partial charge in [-0.3, -0.25) is 9.69 Å². The van der Waals surface area contributed by atoms with Gasteiger partial charge in [-0.25, -0.2) is 13.4 Å². The predicted molar refractivity (Wildman–Crippen MR) is 138 cm³/mol. The summed E-state index contributed by atoms with van der Waals surface area (Å²) in [6.45, 7) is 6.35. The third kappa shape index (κ3) is 5.25. The van der Waals surface area contributed by atoms with E-state index in [0.717, 1.165) is 18.4 Å². The van der Waals surface area contributed by atoms with Crippen LogP contribution >= 0.6 is 0 Å². The number of benzene rings is 1. The minimum Gasteiger partial charge on any atom is -0.396 e. The van der Waals surface area contributed by atoms with Gasteiger partial charge in [0.25, 0.3) is 5.56 Å². The highest BCUT2D eigenvalue weighted by molar-refractivity contribution is 7.89. The number of aliphatic hydroxyl groups excluding tert-OH is 1. The van der Waals surface area contributed by atoms with Crippen LogP contribution in [-0.2, 0) is 28.2 Å². The first-order valence-corrected chi connectivity index (χ1v) is 13.9. The van der Waals surface area contributed by atoms with Crippen LogP contribution in [0.2, 0.25) is 0 Å². The molecule has 0 aliphatic carbocycles. The third-order valence-electron chi connectivity index (χ3n) is 6.50. The second-order valence-corrected chi connectivity index (χ2v) is 10.9. The summed E-state index contributed by atoms with van der Waals surface area (Å²) < 4.78 is 36.4. The third-order valence-corrected chi connectivity index (χ3v) is 8.38. The zero-order valence-corrected chi connectivity index (χ0v) is 21.9. The van der Waals surface area contributed by atoms with Gasteiger partial charge in [-0.1, -0.05) is 25.5 Å². The number of aromatic amines is 1. The molecule has 0 saturated carbocycles. The zero-order chi connectivity index (χ0) is 25.9. The monoisotopic (exact) mass is 517 g/mol. The number of H-pyrrole nitrogens is 1. The molecule has 11 heteroatoms. The van der Waals surface area contributed by atoms with Crippen LogP contribution < -0.4 is 5.56 Å². The van der Waals surface area contributed by atoms with Crippen LogP contribution in [0.5, 0.6) is 0 Å². The van der Waals surface area contributed by atoms with Crippen molar-refractivity contribution in [3.05, 3.63) is 46.4 Å². The summed E-state index contributed by atoms with van der Waals surface area (Å²) in [4.78, 5) is 22.7. The van der Waals surface area contributed by atoms with Crippen molar-refractivity contribution < 1.29 is 18.3 Å². The van der Waals surface area contributed by atoms with Crippen LogP contribution in [0, 0.1) is 0 Å². The topological polar surface area (TPSA) is 121 Å². The number of ether oxygens (including phenoxy) is 1. The van der Waals surface area contributed by atoms with E-state index in [1.165, 1.54) is 4.31 Å². The lowest BCUT2D eigenvalue weighted by molar-refractivity contribution is -0.0593. The number of hydrogen-bond acceptors (Lipinski definition) is 7. The summed E-state index contributed by atoms with van der Waals surface area (Å²) in [5, 5.41) is 9.14. The fourth-order valence-electron chi connectivity index (χ4n) is 4.79. The lowest BCUT2D eigenvalue weighted by Crippen LogP contribution is -2.56. The molecule has 2 N–H and O–H groups in total. The van der Waals surface area contributed by atoms with Crippen molar-refractivity contribution in [1.82, 2.24) is 23.7 Å². The second-order valence-electron chi connectivity index (χ2n) is 9.06. The number of nitrogens with one attached hydrogen (secondary N) is 1. The quantitative estimate of drug-likeness (QED) is 0.422. The molecule has 4 rings (SSSR count). The van der Waals surface area contributed by atoms with Gasteiger partial charge in [0.1, 0.15) is 17.6 Å². The molecule has 10 nitrogen and oxygen atoms in total. The molecule has 196 valence electrons. The van der Waals surface area contributed by atoms with Gasteiger partial charge < -0.3 is 19.4 Å². The molecule has 36 heavy (non-hydrogen) atoms. The highest BCUT2D eigenvalue weighted by atomic mass is 32.2. The Bertz CT molecular complexity index is 1370. The van der Waals surface area contributed by atoms with Gasteiger partial charge >= 0.3 is 0 Å². The van der Waals surface area contributed by atoms with Crippen molar-refractivity contribution in [3.8, 4) is 11.4 Å². The van der Waals surface area contributed by atoms with Crippen molar-refractivity contribution in [2.45, 2.75) is 44.2 Å². The minimum absolute atomic E-state index is 0.0927. The van der Waals surface area contributed by atoms with E-state index in [0.29, 0.717) is 55.1 Å². The van der Waals surface area contributed by atoms with Gasteiger partial charge in [-0.05, 0) is 37.5 Å². The highest BCUT2D eigenvalue weighted by Crippen LogP contribution is 2.27. The van der Waals surface area contributed by atoms with Crippen LogP contribution in [-0.4, -0.2) is 82.9 Å². The molecule has 3 aromatic rings. The van der Waals surface area contributed by atoms with Crippen molar-refractivity contribution in [2.24, 2.45) is 7.05 Å². The molecule has 1 aliphatic heterocycles. The summed E-state index contributed by atoms with van der Waals surface area (Å²) in [6.07, 6.45) is 3.65. The van der Waals surface area contributed by atoms with Crippen LogP contribution in [0.15, 0.2) is 40.2 Å². The lowest BCUT2D eigenvalue weighted by Gasteiger charge is -2.40. The number of hydrogen-bond donors (Lipinski definition) is 2. The van der Waals surface area contributed by atoms with Gasteiger partial charge in [-0.2, -0.15) is 4.31 Å². The first-order chi connectivity index (χ1) is 17.3. The lowest BCUT2D eigenvalue weighted by atomic mass is 10.1. The first kappa shape index (κ1) is 26.5. The molecule has 0 amide bonds. The molecule has 1 atom stereocenters. The normalized spacial score (nSPS) is 17.7. The molecule has 1 fully saturated rings. The molecule has 0 bridgehead atoms. The molecule has 1 aromatic carbocycles. The number of sulfonamides is 1. The van der Waals surface area contributed by atoms with E-state index in [1.807, 2.05) is 20.2 Å². The van der Waals surface area contributed by atoms with E-state index < -0.39 is 16.3 Å². The smallest absolute Gasteiger partial charge is 0.275 e. The molecule has 1 aliphatic rings. The van der Waals surface area contributed by atoms with Gasteiger partial charge in [0.2, 0.25) is 10.0 Å². The number of fused-ring (bicyclic) bond motifs is 1. The average molecular weight is 518 g/mol. The fourth-order valence-corrected chi connectivity index (χ4v) is 6.35. The van der Waals surface area contributed by atoms with Crippen LogP contribution in [0.3, 0.4) is 0 Å². The first-order valence-electron chi connectivity index (χ1n) is 12.5.